The third-order valence-electron chi connectivity index (χ3n) is 3.13. The first-order valence-corrected chi connectivity index (χ1v) is 6.22. The van der Waals surface area contributed by atoms with Crippen molar-refractivity contribution in [2.75, 3.05) is 7.11 Å². The van der Waals surface area contributed by atoms with Crippen molar-refractivity contribution >= 4 is 0 Å². The zero-order valence-corrected chi connectivity index (χ0v) is 11.4. The molecular formula is C15H17N3O. The summed E-state index contributed by atoms with van der Waals surface area (Å²) in [7, 11) is 1.68. The Hall–Kier alpha value is -2.28. The van der Waals surface area contributed by atoms with Gasteiger partial charge in [-0.15, -0.1) is 0 Å². The van der Waals surface area contributed by atoms with E-state index in [0.717, 1.165) is 34.0 Å². The average molecular weight is 255 g/mol. The van der Waals surface area contributed by atoms with Gasteiger partial charge >= 0.3 is 0 Å². The molecule has 0 unspecified atom stereocenters. The van der Waals surface area contributed by atoms with Crippen LogP contribution >= 0.6 is 0 Å². The van der Waals surface area contributed by atoms with Crippen molar-refractivity contribution in [1.82, 2.24) is 9.97 Å². The van der Waals surface area contributed by atoms with Gasteiger partial charge in [0, 0.05) is 18.4 Å². The van der Waals surface area contributed by atoms with Crippen molar-refractivity contribution in [3.63, 3.8) is 0 Å². The van der Waals surface area contributed by atoms with E-state index < -0.39 is 0 Å². The van der Waals surface area contributed by atoms with E-state index in [2.05, 4.69) is 22.1 Å². The smallest absolute Gasteiger partial charge is 0.122 e. The number of aromatic amines is 1. The molecule has 2 rings (SSSR count). The Morgan fingerprint density at radius 1 is 1.32 bits per heavy atom. The van der Waals surface area contributed by atoms with Gasteiger partial charge in [-0.1, -0.05) is 0 Å². The lowest BCUT2D eigenvalue weighted by molar-refractivity contribution is 0.411. The van der Waals surface area contributed by atoms with E-state index in [1.165, 1.54) is 0 Å². The van der Waals surface area contributed by atoms with Gasteiger partial charge in [-0.05, 0) is 37.1 Å². The molecule has 0 radical (unpaired) electrons. The molecule has 0 saturated heterocycles. The summed E-state index contributed by atoms with van der Waals surface area (Å²) < 4.78 is 5.31. The number of hydrogen-bond acceptors (Lipinski definition) is 3. The van der Waals surface area contributed by atoms with E-state index >= 15 is 0 Å². The largest absolute Gasteiger partial charge is 0.496 e. The Labute approximate surface area is 113 Å². The molecule has 0 atom stereocenters. The van der Waals surface area contributed by atoms with Gasteiger partial charge in [-0.3, -0.25) is 0 Å². The summed E-state index contributed by atoms with van der Waals surface area (Å²) in [5.41, 5.74) is 4.33. The van der Waals surface area contributed by atoms with E-state index in [-0.39, 0.29) is 0 Å². The summed E-state index contributed by atoms with van der Waals surface area (Å²) in [5, 5.41) is 8.58. The third-order valence-corrected chi connectivity index (χ3v) is 3.13. The number of rotatable bonds is 4. The second kappa shape index (κ2) is 5.57. The number of nitrogens with one attached hydrogen (secondary N) is 1. The molecule has 0 amide bonds. The van der Waals surface area contributed by atoms with Crippen molar-refractivity contribution in [1.29, 1.82) is 5.26 Å². The van der Waals surface area contributed by atoms with Crippen LogP contribution in [0.15, 0.2) is 18.3 Å². The first-order valence-electron chi connectivity index (χ1n) is 6.22. The van der Waals surface area contributed by atoms with Gasteiger partial charge in [-0.25, -0.2) is 4.98 Å². The van der Waals surface area contributed by atoms with Crippen LogP contribution in [0.2, 0.25) is 0 Å². The van der Waals surface area contributed by atoms with Gasteiger partial charge in [0.05, 0.1) is 25.1 Å². The van der Waals surface area contributed by atoms with Crippen LogP contribution < -0.4 is 4.74 Å². The Morgan fingerprint density at radius 3 is 2.79 bits per heavy atom. The second-order valence-corrected chi connectivity index (χ2v) is 4.54. The van der Waals surface area contributed by atoms with Gasteiger partial charge in [0.25, 0.3) is 0 Å². The molecule has 4 heteroatoms. The van der Waals surface area contributed by atoms with Gasteiger partial charge in [0.1, 0.15) is 11.6 Å². The number of H-pyrrole nitrogens is 1. The van der Waals surface area contributed by atoms with Gasteiger partial charge in [0.15, 0.2) is 0 Å². The minimum Gasteiger partial charge on any atom is -0.496 e. The number of aryl methyl sites for hydroxylation is 3. The third kappa shape index (κ3) is 2.76. The molecule has 0 spiro atoms. The number of nitrogens with zero attached hydrogens (tertiary/aromatic N) is 2. The maximum absolute atomic E-state index is 8.58. The van der Waals surface area contributed by atoms with Crippen molar-refractivity contribution in [2.24, 2.45) is 0 Å². The lowest BCUT2D eigenvalue weighted by atomic mass is 10.0. The van der Waals surface area contributed by atoms with E-state index in [0.29, 0.717) is 12.8 Å². The highest BCUT2D eigenvalue weighted by Crippen LogP contribution is 2.29. The number of imidazole rings is 1. The lowest BCUT2D eigenvalue weighted by Gasteiger charge is -2.10. The number of aromatic nitrogens is 2. The fourth-order valence-corrected chi connectivity index (χ4v) is 2.10. The molecule has 0 fully saturated rings. The zero-order chi connectivity index (χ0) is 13.8. The summed E-state index contributed by atoms with van der Waals surface area (Å²) in [6.45, 7) is 4.07. The quantitative estimate of drug-likeness (QED) is 0.912. The molecule has 0 aliphatic carbocycles. The topological polar surface area (TPSA) is 61.7 Å². The van der Waals surface area contributed by atoms with Crippen LogP contribution in [0, 0.1) is 25.2 Å². The minimum absolute atomic E-state index is 0.480. The number of benzene rings is 1. The predicted octanol–water partition coefficient (Wildman–Crippen LogP) is 3.16. The number of ether oxygens (including phenoxy) is 1. The molecular weight excluding hydrogens is 238 g/mol. The van der Waals surface area contributed by atoms with Crippen LogP contribution in [-0.2, 0) is 6.42 Å². The molecule has 1 heterocycles. The van der Waals surface area contributed by atoms with E-state index in [9.17, 15) is 0 Å². The van der Waals surface area contributed by atoms with Crippen LogP contribution in [-0.4, -0.2) is 17.1 Å². The molecule has 1 aromatic carbocycles. The normalized spacial score (nSPS) is 10.2. The number of methoxy groups -OCH3 is 1. The molecule has 98 valence electrons. The molecule has 0 saturated carbocycles. The standard InChI is InChI=1S/C15H17N3O/c1-10-8-14(19-3)11(2)7-12(10)13-9-17-15(18-13)5-4-6-16/h7-9H,4-5H2,1-3H3,(H,17,18). The summed E-state index contributed by atoms with van der Waals surface area (Å²) in [6.07, 6.45) is 2.96. The van der Waals surface area contributed by atoms with E-state index in [1.54, 1.807) is 7.11 Å². The molecule has 2 aromatic rings. The number of hydrogen-bond donors (Lipinski definition) is 1. The van der Waals surface area contributed by atoms with Crippen molar-refractivity contribution in [3.8, 4) is 23.1 Å². The van der Waals surface area contributed by atoms with Crippen LogP contribution in [0.1, 0.15) is 23.4 Å². The van der Waals surface area contributed by atoms with Crippen molar-refractivity contribution in [3.05, 3.63) is 35.3 Å². The Balaban J connectivity index is 2.34. The van der Waals surface area contributed by atoms with E-state index in [1.807, 2.05) is 26.1 Å². The average Bonchev–Trinajstić information content (AvgIpc) is 2.87. The van der Waals surface area contributed by atoms with Crippen LogP contribution in [0.4, 0.5) is 0 Å². The summed E-state index contributed by atoms with van der Waals surface area (Å²) >= 11 is 0. The highest BCUT2D eigenvalue weighted by atomic mass is 16.5. The van der Waals surface area contributed by atoms with Crippen LogP contribution in [0.25, 0.3) is 11.3 Å². The predicted molar refractivity (Wildman–Crippen MR) is 74.0 cm³/mol. The molecule has 1 aromatic heterocycles. The Kier molecular flexibility index (Phi) is 3.86. The van der Waals surface area contributed by atoms with Crippen molar-refractivity contribution in [2.45, 2.75) is 26.7 Å². The molecule has 19 heavy (non-hydrogen) atoms. The SMILES string of the molecule is COc1cc(C)c(-c2cnc(CCC#N)[nH]2)cc1C. The fraction of sp³-hybridized carbons (Fsp3) is 0.333. The molecule has 0 aliphatic rings. The summed E-state index contributed by atoms with van der Waals surface area (Å²) in [6, 6.07) is 6.25. The molecule has 1 N–H and O–H groups in total. The van der Waals surface area contributed by atoms with Gasteiger partial charge in [0.2, 0.25) is 0 Å². The summed E-state index contributed by atoms with van der Waals surface area (Å²) in [5.74, 6) is 1.75. The maximum Gasteiger partial charge on any atom is 0.122 e. The van der Waals surface area contributed by atoms with Crippen LogP contribution in [0.5, 0.6) is 5.75 Å². The van der Waals surface area contributed by atoms with E-state index in [4.69, 9.17) is 10.00 Å². The monoisotopic (exact) mass is 255 g/mol. The van der Waals surface area contributed by atoms with Crippen molar-refractivity contribution < 1.29 is 4.74 Å². The molecule has 0 bridgehead atoms. The highest BCUT2D eigenvalue weighted by molar-refractivity contribution is 5.66. The fourth-order valence-electron chi connectivity index (χ4n) is 2.10. The first kappa shape index (κ1) is 13.2. The van der Waals surface area contributed by atoms with Gasteiger partial charge in [-0.2, -0.15) is 5.26 Å². The number of nitriles is 1. The summed E-state index contributed by atoms with van der Waals surface area (Å²) in [4.78, 5) is 7.57. The van der Waals surface area contributed by atoms with Gasteiger partial charge < -0.3 is 9.72 Å². The Morgan fingerprint density at radius 2 is 2.11 bits per heavy atom. The van der Waals surface area contributed by atoms with Crippen LogP contribution in [0.3, 0.4) is 0 Å². The minimum atomic E-state index is 0.480. The second-order valence-electron chi connectivity index (χ2n) is 4.54. The highest BCUT2D eigenvalue weighted by Gasteiger charge is 2.09. The zero-order valence-electron chi connectivity index (χ0n) is 11.4. The maximum atomic E-state index is 8.58. The molecule has 0 aliphatic heterocycles. The Bertz CT molecular complexity index is 623. The first-order chi connectivity index (χ1) is 9.15. The lowest BCUT2D eigenvalue weighted by Crippen LogP contribution is -1.92. The molecule has 4 nitrogen and oxygen atoms in total.